The number of carbonyl (C=O) groups is 2. The number of hydrogen-bond acceptors (Lipinski definition) is 5. The summed E-state index contributed by atoms with van der Waals surface area (Å²) in [6, 6.07) is 7.22. The van der Waals surface area contributed by atoms with Gasteiger partial charge in [-0.05, 0) is 57.7 Å². The zero-order valence-corrected chi connectivity index (χ0v) is 20.8. The Hall–Kier alpha value is -2.45. The van der Waals surface area contributed by atoms with E-state index in [0.717, 1.165) is 0 Å². The maximum absolute atomic E-state index is 13.7. The highest BCUT2D eigenvalue weighted by atomic mass is 32.2. The Kier molecular flexibility index (Phi) is 8.42. The Morgan fingerprint density at radius 3 is 2.19 bits per heavy atom. The number of ketones is 1. The topological polar surface area (TPSA) is 85.7 Å². The summed E-state index contributed by atoms with van der Waals surface area (Å²) >= 11 is 0. The van der Waals surface area contributed by atoms with E-state index in [1.54, 1.807) is 43.5 Å². The molecule has 1 heterocycles. The van der Waals surface area contributed by atoms with E-state index < -0.39 is 22.0 Å². The molecule has 1 atom stereocenters. The molecule has 0 fully saturated rings. The number of methoxy groups -OCH3 is 1. The van der Waals surface area contributed by atoms with Crippen molar-refractivity contribution in [3.05, 3.63) is 52.8 Å². The Morgan fingerprint density at radius 1 is 1.09 bits per heavy atom. The number of Topliss-reactive ketones (excluding diaryl/α,β-unsaturated/α-hetero) is 1. The number of nitrogens with zero attached hydrogens (tertiary/aromatic N) is 2. The molecule has 1 aromatic heterocycles. The van der Waals surface area contributed by atoms with Crippen molar-refractivity contribution in [1.29, 1.82) is 0 Å². The van der Waals surface area contributed by atoms with Crippen molar-refractivity contribution >= 4 is 21.8 Å². The lowest BCUT2D eigenvalue weighted by Crippen LogP contribution is -2.44. The highest BCUT2D eigenvalue weighted by Gasteiger charge is 2.36. The molecular formula is C24H34N2O5S. The van der Waals surface area contributed by atoms with Gasteiger partial charge in [0.15, 0.2) is 5.78 Å². The van der Waals surface area contributed by atoms with E-state index in [1.165, 1.54) is 23.5 Å². The summed E-state index contributed by atoms with van der Waals surface area (Å²) in [6.07, 6.45) is 0.616. The number of rotatable bonds is 10. The zero-order valence-electron chi connectivity index (χ0n) is 20.0. The maximum atomic E-state index is 13.7. The minimum absolute atomic E-state index is 0.151. The molecule has 2 rings (SSSR count). The largest absolute Gasteiger partial charge is 0.464 e. The molecule has 0 aliphatic carbocycles. The van der Waals surface area contributed by atoms with Crippen LogP contribution in [0.4, 0.5) is 0 Å². The van der Waals surface area contributed by atoms with Crippen molar-refractivity contribution in [2.45, 2.75) is 65.4 Å². The van der Waals surface area contributed by atoms with E-state index in [2.05, 4.69) is 0 Å². The summed E-state index contributed by atoms with van der Waals surface area (Å²) in [5, 5.41) is 0. The highest BCUT2D eigenvalue weighted by Crippen LogP contribution is 2.28. The molecule has 0 bridgehead atoms. The second kappa shape index (κ2) is 10.4. The molecule has 0 saturated carbocycles. The van der Waals surface area contributed by atoms with Gasteiger partial charge in [0.25, 0.3) is 0 Å². The van der Waals surface area contributed by atoms with E-state index in [4.69, 9.17) is 4.74 Å². The third kappa shape index (κ3) is 4.96. The van der Waals surface area contributed by atoms with Crippen molar-refractivity contribution < 1.29 is 22.7 Å². The predicted molar refractivity (Wildman–Crippen MR) is 125 cm³/mol. The average Bonchev–Trinajstić information content (AvgIpc) is 3.02. The van der Waals surface area contributed by atoms with Crippen molar-refractivity contribution in [1.82, 2.24) is 8.87 Å². The molecule has 0 aliphatic rings. The van der Waals surface area contributed by atoms with Gasteiger partial charge in [0.1, 0.15) is 5.69 Å². The monoisotopic (exact) mass is 462 g/mol. The van der Waals surface area contributed by atoms with Crippen LogP contribution in [0.15, 0.2) is 35.2 Å². The van der Waals surface area contributed by atoms with E-state index in [-0.39, 0.29) is 23.1 Å². The van der Waals surface area contributed by atoms with Crippen LogP contribution in [0.2, 0.25) is 0 Å². The summed E-state index contributed by atoms with van der Waals surface area (Å²) in [7, 11) is -2.59. The van der Waals surface area contributed by atoms with E-state index in [1.807, 2.05) is 20.8 Å². The zero-order chi connectivity index (χ0) is 24.2. The van der Waals surface area contributed by atoms with Gasteiger partial charge < -0.3 is 9.30 Å². The minimum Gasteiger partial charge on any atom is -0.464 e. The molecule has 0 amide bonds. The van der Waals surface area contributed by atoms with Gasteiger partial charge in [0.05, 0.1) is 18.0 Å². The molecule has 1 aromatic carbocycles. The molecular weight excluding hydrogens is 428 g/mol. The average molecular weight is 463 g/mol. The fourth-order valence-corrected chi connectivity index (χ4v) is 5.62. The number of benzene rings is 1. The third-order valence-corrected chi connectivity index (χ3v) is 7.78. The van der Waals surface area contributed by atoms with Crippen LogP contribution in [0.5, 0.6) is 0 Å². The second-order valence-corrected chi connectivity index (χ2v) is 10.2. The van der Waals surface area contributed by atoms with Gasteiger partial charge in [0.2, 0.25) is 10.0 Å². The molecule has 0 unspecified atom stereocenters. The van der Waals surface area contributed by atoms with Crippen LogP contribution in [0.3, 0.4) is 0 Å². The minimum atomic E-state index is -3.89. The summed E-state index contributed by atoms with van der Waals surface area (Å²) in [5.74, 6) is -0.588. The third-order valence-electron chi connectivity index (χ3n) is 5.80. The Balaban J connectivity index is 2.58. The van der Waals surface area contributed by atoms with Crippen molar-refractivity contribution in [3.8, 4) is 0 Å². The molecule has 0 aliphatic heterocycles. The first-order chi connectivity index (χ1) is 15.0. The molecule has 2 aromatic rings. The fraction of sp³-hybridized carbons (Fsp3) is 0.500. The van der Waals surface area contributed by atoms with Gasteiger partial charge in [-0.1, -0.05) is 32.0 Å². The van der Waals surface area contributed by atoms with Gasteiger partial charge in [-0.3, -0.25) is 4.79 Å². The van der Waals surface area contributed by atoms with Crippen molar-refractivity contribution in [3.63, 3.8) is 0 Å². The van der Waals surface area contributed by atoms with Gasteiger partial charge in [-0.25, -0.2) is 13.2 Å². The lowest BCUT2D eigenvalue weighted by atomic mass is 10.0. The summed E-state index contributed by atoms with van der Waals surface area (Å²) in [6.45, 7) is 11.7. The summed E-state index contributed by atoms with van der Waals surface area (Å²) in [4.78, 5) is 26.2. The van der Waals surface area contributed by atoms with Crippen molar-refractivity contribution in [2.75, 3.05) is 13.7 Å². The fourth-order valence-electron chi connectivity index (χ4n) is 3.99. The molecule has 7 nitrogen and oxygen atoms in total. The number of sulfonamides is 1. The van der Waals surface area contributed by atoms with Gasteiger partial charge in [-0.2, -0.15) is 4.31 Å². The normalized spacial score (nSPS) is 12.9. The lowest BCUT2D eigenvalue weighted by molar-refractivity contribution is 0.0587. The van der Waals surface area contributed by atoms with Crippen LogP contribution < -0.4 is 0 Å². The quantitative estimate of drug-likeness (QED) is 0.390. The van der Waals surface area contributed by atoms with Crippen LogP contribution in [0.25, 0.3) is 0 Å². The van der Waals surface area contributed by atoms with Gasteiger partial charge in [0, 0.05) is 24.3 Å². The number of esters is 1. The van der Waals surface area contributed by atoms with Gasteiger partial charge >= 0.3 is 5.97 Å². The van der Waals surface area contributed by atoms with Gasteiger partial charge in [-0.15, -0.1) is 0 Å². The Morgan fingerprint density at radius 2 is 1.69 bits per heavy atom. The molecule has 0 saturated heterocycles. The lowest BCUT2D eigenvalue weighted by Gasteiger charge is -2.28. The molecule has 32 heavy (non-hydrogen) atoms. The Bertz CT molecular complexity index is 1070. The first-order valence-corrected chi connectivity index (χ1v) is 12.3. The smallest absolute Gasteiger partial charge is 0.354 e. The van der Waals surface area contributed by atoms with E-state index in [0.29, 0.717) is 35.5 Å². The maximum Gasteiger partial charge on any atom is 0.354 e. The standard InChI is InChI=1S/C24H34N2O5S/c1-8-25-18(5)21(17(4)22(25)24(28)31-7)23(27)19(6)26(15-14-16(2)3)32(29,30)20-12-10-9-11-13-20/h9-13,16,19H,8,14-15H2,1-7H3/t19-/m0/s1. The number of hydrogen-bond donors (Lipinski definition) is 0. The summed E-state index contributed by atoms with van der Waals surface area (Å²) < 4.78 is 34.9. The predicted octanol–water partition coefficient (Wildman–Crippen LogP) is 4.22. The molecule has 176 valence electrons. The van der Waals surface area contributed by atoms with Crippen LogP contribution in [-0.2, 0) is 21.3 Å². The van der Waals surface area contributed by atoms with E-state index in [9.17, 15) is 18.0 Å². The summed E-state index contributed by atoms with van der Waals surface area (Å²) in [5.41, 5.74) is 1.83. The van der Waals surface area contributed by atoms with Crippen LogP contribution in [0.1, 0.15) is 66.2 Å². The molecule has 0 spiro atoms. The molecule has 0 N–H and O–H groups in total. The number of carbonyl (C=O) groups excluding carboxylic acids is 2. The SMILES string of the molecule is CCn1c(C)c(C(=O)[C@H](C)N(CCC(C)C)S(=O)(=O)c2ccccc2)c(C)c1C(=O)OC. The number of aromatic nitrogens is 1. The highest BCUT2D eigenvalue weighted by molar-refractivity contribution is 7.89. The molecule has 8 heteroatoms. The van der Waals surface area contributed by atoms with Crippen LogP contribution >= 0.6 is 0 Å². The van der Waals surface area contributed by atoms with Crippen LogP contribution in [-0.4, -0.2) is 48.7 Å². The second-order valence-electron chi connectivity index (χ2n) is 8.32. The first-order valence-electron chi connectivity index (χ1n) is 10.9. The van der Waals surface area contributed by atoms with Crippen LogP contribution in [0, 0.1) is 19.8 Å². The Labute approximate surface area is 191 Å². The molecule has 0 radical (unpaired) electrons. The van der Waals surface area contributed by atoms with E-state index >= 15 is 0 Å². The number of ether oxygens (including phenoxy) is 1. The van der Waals surface area contributed by atoms with Crippen molar-refractivity contribution in [2.24, 2.45) is 5.92 Å². The first kappa shape index (κ1) is 25.8.